The third-order valence-electron chi connectivity index (χ3n) is 7.58. The van der Waals surface area contributed by atoms with Crippen LogP contribution in [0.25, 0.3) is 16.3 Å². The van der Waals surface area contributed by atoms with Crippen molar-refractivity contribution in [2.24, 2.45) is 0 Å². The minimum absolute atomic E-state index is 0.0318. The van der Waals surface area contributed by atoms with Gasteiger partial charge in [0, 0.05) is 29.2 Å². The average Bonchev–Trinajstić information content (AvgIpc) is 3.83. The third kappa shape index (κ3) is 8.21. The first-order chi connectivity index (χ1) is 23.5. The molecule has 254 valence electrons. The standard InChI is InChI=1S/C33H26Cl2F3N5O3S3/c34-23-11-14-27(26(35)19-23)43-31(28-15-13-24(48-28)12-8-21-6-9-22(10-7-21)33(36,37)38)25(20-42(49(45)46)29-5-4-18-47-29)30(39-43)32(44)40-41-16-2-1-3-17-41/h4-7,9-11,13-15,18-19H,1-3,16-17,20H2,(H,40,44)(H,45,46). The van der Waals surface area contributed by atoms with E-state index in [0.29, 0.717) is 55.4 Å². The number of nitrogens with one attached hydrogen (secondary N) is 1. The lowest BCUT2D eigenvalue weighted by Crippen LogP contribution is -2.45. The lowest BCUT2D eigenvalue weighted by atomic mass is 10.1. The molecule has 1 amide bonds. The van der Waals surface area contributed by atoms with Crippen LogP contribution in [-0.4, -0.2) is 42.5 Å². The van der Waals surface area contributed by atoms with E-state index in [2.05, 4.69) is 17.3 Å². The van der Waals surface area contributed by atoms with Gasteiger partial charge in [-0.1, -0.05) is 41.5 Å². The Hall–Kier alpha value is -3.68. The number of carbonyl (C=O) groups excluding carboxylic acids is 1. The zero-order valence-corrected chi connectivity index (χ0v) is 29.3. The van der Waals surface area contributed by atoms with Crippen LogP contribution in [0.2, 0.25) is 10.0 Å². The Morgan fingerprint density at radius 2 is 1.80 bits per heavy atom. The number of aromatic nitrogens is 2. The molecule has 1 aliphatic rings. The van der Waals surface area contributed by atoms with Gasteiger partial charge in [-0.2, -0.15) is 18.3 Å². The molecule has 2 N–H and O–H groups in total. The molecule has 1 atom stereocenters. The van der Waals surface area contributed by atoms with Gasteiger partial charge in [0.05, 0.1) is 38.3 Å². The molecule has 1 fully saturated rings. The number of nitrogens with zero attached hydrogens (tertiary/aromatic N) is 4. The summed E-state index contributed by atoms with van der Waals surface area (Å²) in [6.45, 7) is 1.18. The molecule has 4 heterocycles. The van der Waals surface area contributed by atoms with Crippen molar-refractivity contribution in [3.05, 3.63) is 109 Å². The minimum Gasteiger partial charge on any atom is -0.289 e. The first-order valence-corrected chi connectivity index (χ1v) is 18.3. The molecule has 1 aliphatic heterocycles. The van der Waals surface area contributed by atoms with Gasteiger partial charge in [-0.15, -0.1) is 22.7 Å². The van der Waals surface area contributed by atoms with E-state index in [1.165, 1.54) is 43.8 Å². The Bertz CT molecular complexity index is 2050. The number of anilines is 1. The zero-order chi connectivity index (χ0) is 34.7. The summed E-state index contributed by atoms with van der Waals surface area (Å²) in [6, 6.07) is 16.4. The monoisotopic (exact) mass is 763 g/mol. The smallest absolute Gasteiger partial charge is 0.289 e. The van der Waals surface area contributed by atoms with Gasteiger partial charge in [0.2, 0.25) is 0 Å². The van der Waals surface area contributed by atoms with E-state index in [-0.39, 0.29) is 17.3 Å². The Labute approximate surface area is 300 Å². The fourth-order valence-corrected chi connectivity index (χ4v) is 8.06. The quantitative estimate of drug-likeness (QED) is 0.122. The van der Waals surface area contributed by atoms with Gasteiger partial charge in [-0.05, 0) is 85.0 Å². The molecule has 0 aliphatic carbocycles. The summed E-state index contributed by atoms with van der Waals surface area (Å²) >= 11 is 13.0. The molecule has 49 heavy (non-hydrogen) atoms. The number of carbonyl (C=O) groups is 1. The van der Waals surface area contributed by atoms with E-state index in [9.17, 15) is 26.7 Å². The number of hydrogen-bond donors (Lipinski definition) is 2. The second kappa shape index (κ2) is 15.1. The van der Waals surface area contributed by atoms with Gasteiger partial charge < -0.3 is 0 Å². The van der Waals surface area contributed by atoms with E-state index in [1.54, 1.807) is 47.8 Å². The van der Waals surface area contributed by atoms with Crippen LogP contribution < -0.4 is 9.73 Å². The largest absolute Gasteiger partial charge is 0.416 e. The van der Waals surface area contributed by atoms with Crippen LogP contribution in [0, 0.1) is 11.8 Å². The fraction of sp³-hybridized carbons (Fsp3) is 0.212. The lowest BCUT2D eigenvalue weighted by Gasteiger charge is -2.26. The maximum atomic E-state index is 14.0. The van der Waals surface area contributed by atoms with Crippen LogP contribution in [0.4, 0.5) is 18.2 Å². The van der Waals surface area contributed by atoms with E-state index in [1.807, 2.05) is 5.01 Å². The Morgan fingerprint density at radius 3 is 2.45 bits per heavy atom. The molecule has 16 heteroatoms. The maximum absolute atomic E-state index is 14.0. The van der Waals surface area contributed by atoms with Gasteiger partial charge in [0.15, 0.2) is 5.69 Å². The highest BCUT2D eigenvalue weighted by atomic mass is 35.5. The van der Waals surface area contributed by atoms with E-state index in [4.69, 9.17) is 28.3 Å². The zero-order valence-electron chi connectivity index (χ0n) is 25.3. The summed E-state index contributed by atoms with van der Waals surface area (Å²) in [5, 5.41) is 9.52. The molecular formula is C33H26Cl2F3N5O3S3. The van der Waals surface area contributed by atoms with Crippen molar-refractivity contribution < 1.29 is 26.7 Å². The topological polar surface area (TPSA) is 90.7 Å². The van der Waals surface area contributed by atoms with Crippen molar-refractivity contribution in [3.63, 3.8) is 0 Å². The van der Waals surface area contributed by atoms with Crippen LogP contribution in [0.3, 0.4) is 0 Å². The summed E-state index contributed by atoms with van der Waals surface area (Å²) < 4.78 is 65.0. The Balaban J connectivity index is 1.48. The predicted molar refractivity (Wildman–Crippen MR) is 188 cm³/mol. The number of benzene rings is 2. The van der Waals surface area contributed by atoms with Crippen LogP contribution in [-0.2, 0) is 24.0 Å². The van der Waals surface area contributed by atoms with Gasteiger partial charge in [-0.25, -0.2) is 13.9 Å². The summed E-state index contributed by atoms with van der Waals surface area (Å²) in [6.07, 6.45) is -1.54. The molecule has 2 aromatic carbocycles. The highest BCUT2D eigenvalue weighted by Crippen LogP contribution is 2.38. The van der Waals surface area contributed by atoms with Gasteiger partial charge in [0.1, 0.15) is 5.00 Å². The average molecular weight is 765 g/mol. The molecule has 1 unspecified atom stereocenters. The van der Waals surface area contributed by atoms with Crippen molar-refractivity contribution in [2.75, 3.05) is 17.4 Å². The third-order valence-corrected chi connectivity index (χ3v) is 10.8. The molecule has 0 spiro atoms. The van der Waals surface area contributed by atoms with Crippen molar-refractivity contribution in [2.45, 2.75) is 32.0 Å². The van der Waals surface area contributed by atoms with Gasteiger partial charge in [0.25, 0.3) is 17.2 Å². The second-order valence-electron chi connectivity index (χ2n) is 10.9. The van der Waals surface area contributed by atoms with Crippen molar-refractivity contribution in [1.82, 2.24) is 20.2 Å². The summed E-state index contributed by atoms with van der Waals surface area (Å²) in [4.78, 5) is 15.2. The van der Waals surface area contributed by atoms with Gasteiger partial charge >= 0.3 is 6.18 Å². The molecule has 0 radical (unpaired) electrons. The van der Waals surface area contributed by atoms with E-state index >= 15 is 0 Å². The number of hydrazine groups is 1. The molecule has 8 nitrogen and oxygen atoms in total. The summed E-state index contributed by atoms with van der Waals surface area (Å²) in [7, 11) is 0. The molecule has 1 saturated heterocycles. The maximum Gasteiger partial charge on any atom is 0.416 e. The summed E-state index contributed by atoms with van der Waals surface area (Å²) in [5.74, 6) is 5.41. The van der Waals surface area contributed by atoms with Crippen LogP contribution in [0.1, 0.15) is 51.3 Å². The number of alkyl halides is 3. The number of piperidine rings is 1. The van der Waals surface area contributed by atoms with Gasteiger partial charge in [-0.3, -0.25) is 19.1 Å². The van der Waals surface area contributed by atoms with Crippen molar-refractivity contribution in [3.8, 4) is 28.1 Å². The Morgan fingerprint density at radius 1 is 1.04 bits per heavy atom. The molecular weight excluding hydrogens is 738 g/mol. The van der Waals surface area contributed by atoms with Crippen molar-refractivity contribution in [1.29, 1.82) is 0 Å². The molecule has 5 aromatic rings. The number of thiophene rings is 2. The first-order valence-electron chi connectivity index (χ1n) is 14.8. The normalized spacial score (nSPS) is 14.2. The molecule has 0 bridgehead atoms. The minimum atomic E-state index is -4.45. The highest BCUT2D eigenvalue weighted by Gasteiger charge is 2.31. The number of halogens is 5. The predicted octanol–water partition coefficient (Wildman–Crippen LogP) is 8.66. The van der Waals surface area contributed by atoms with Crippen LogP contribution in [0.15, 0.2) is 72.1 Å². The molecule has 6 rings (SSSR count). The van der Waals surface area contributed by atoms with Crippen LogP contribution >= 0.6 is 45.9 Å². The Kier molecular flexibility index (Phi) is 10.8. The number of rotatable bonds is 8. The fourth-order valence-electron chi connectivity index (χ4n) is 5.24. The summed E-state index contributed by atoms with van der Waals surface area (Å²) in [5.41, 5.74) is 3.84. The molecule has 3 aromatic heterocycles. The van der Waals surface area contributed by atoms with E-state index < -0.39 is 28.9 Å². The first kappa shape index (κ1) is 35.2. The van der Waals surface area contributed by atoms with Crippen LogP contribution in [0.5, 0.6) is 0 Å². The van der Waals surface area contributed by atoms with E-state index in [0.717, 1.165) is 31.4 Å². The number of amides is 1. The lowest BCUT2D eigenvalue weighted by molar-refractivity contribution is -0.137. The number of hydrogen-bond acceptors (Lipinski definition) is 6. The second-order valence-corrected chi connectivity index (χ2v) is 14.6. The molecule has 0 saturated carbocycles. The SMILES string of the molecule is O=C(NN1CCCCC1)c1nn(-c2ccc(Cl)cc2Cl)c(-c2ccc(C#Cc3ccc(C(F)(F)F)cc3)s2)c1CN(c1cccs1)S(=O)O. The van der Waals surface area contributed by atoms with Crippen molar-refractivity contribution >= 4 is 68.1 Å². The highest BCUT2D eigenvalue weighted by molar-refractivity contribution is 7.81.